The molecule has 0 aliphatic rings. The predicted octanol–water partition coefficient (Wildman–Crippen LogP) is 2.85. The number of carbonyl (C=O) groups is 1. The molecular formula is C16H20FN3O2S. The molecule has 1 amide bonds. The lowest BCUT2D eigenvalue weighted by molar-refractivity contribution is 0.0748. The van der Waals surface area contributed by atoms with E-state index >= 15 is 0 Å². The summed E-state index contributed by atoms with van der Waals surface area (Å²) in [5, 5.41) is 14.2. The number of carbonyl (C=O) groups excluding carboxylic acids is 1. The van der Waals surface area contributed by atoms with Crippen LogP contribution >= 0.6 is 11.8 Å². The molecule has 0 spiro atoms. The number of aryl methyl sites for hydroxylation is 1. The second-order valence-corrected chi connectivity index (χ2v) is 6.37. The molecule has 2 aromatic rings. The van der Waals surface area contributed by atoms with Gasteiger partial charge in [0.1, 0.15) is 5.82 Å². The van der Waals surface area contributed by atoms with Gasteiger partial charge in [0.15, 0.2) is 11.4 Å². The fraction of sp³-hybridized carbons (Fsp3) is 0.375. The van der Waals surface area contributed by atoms with Crippen molar-refractivity contribution in [1.29, 1.82) is 0 Å². The van der Waals surface area contributed by atoms with Gasteiger partial charge in [-0.25, -0.2) is 9.07 Å². The highest BCUT2D eigenvalue weighted by atomic mass is 32.2. The molecule has 5 nitrogen and oxygen atoms in total. The van der Waals surface area contributed by atoms with Crippen molar-refractivity contribution in [3.05, 3.63) is 41.5 Å². The zero-order valence-corrected chi connectivity index (χ0v) is 14.4. The molecule has 0 fully saturated rings. The molecule has 1 aromatic carbocycles. The SMILES string of the molecule is CSC[C@H](C)N(C)C(=O)c1nn(-c2ccc(F)cc2C)cc1O. The summed E-state index contributed by atoms with van der Waals surface area (Å²) < 4.78 is 14.6. The minimum atomic E-state index is -0.345. The van der Waals surface area contributed by atoms with E-state index in [2.05, 4.69) is 5.10 Å². The maximum absolute atomic E-state index is 13.2. The molecular weight excluding hydrogens is 317 g/mol. The van der Waals surface area contributed by atoms with Crippen molar-refractivity contribution < 1.29 is 14.3 Å². The fourth-order valence-electron chi connectivity index (χ4n) is 2.24. The Labute approximate surface area is 139 Å². The summed E-state index contributed by atoms with van der Waals surface area (Å²) in [6.07, 6.45) is 3.33. The van der Waals surface area contributed by atoms with E-state index in [0.717, 1.165) is 5.75 Å². The molecule has 0 aliphatic heterocycles. The van der Waals surface area contributed by atoms with Crippen molar-refractivity contribution in [1.82, 2.24) is 14.7 Å². The Bertz CT molecular complexity index is 717. The standard InChI is InChI=1S/C16H20FN3O2S/c1-10-7-12(17)5-6-13(10)20-8-14(21)15(18-20)16(22)19(3)11(2)9-23-4/h5-8,11,21H,9H2,1-4H3/t11-/m0/s1. The first kappa shape index (κ1) is 17.3. The molecule has 1 atom stereocenters. The number of halogens is 1. The van der Waals surface area contributed by atoms with Crippen molar-refractivity contribution in [3.8, 4) is 11.4 Å². The number of aromatic hydroxyl groups is 1. The van der Waals surface area contributed by atoms with Crippen molar-refractivity contribution in [3.63, 3.8) is 0 Å². The quantitative estimate of drug-likeness (QED) is 0.911. The van der Waals surface area contributed by atoms with Crippen LogP contribution in [0.5, 0.6) is 5.75 Å². The monoisotopic (exact) mass is 337 g/mol. The van der Waals surface area contributed by atoms with E-state index in [1.807, 2.05) is 13.2 Å². The molecule has 2 rings (SSSR count). The fourth-order valence-corrected chi connectivity index (χ4v) is 2.94. The van der Waals surface area contributed by atoms with Gasteiger partial charge in [0.25, 0.3) is 5.91 Å². The van der Waals surface area contributed by atoms with Gasteiger partial charge in [0, 0.05) is 18.8 Å². The Kier molecular flexibility index (Phi) is 5.30. The van der Waals surface area contributed by atoms with E-state index in [9.17, 15) is 14.3 Å². The molecule has 0 saturated heterocycles. The molecule has 0 aliphatic carbocycles. The van der Waals surface area contributed by atoms with E-state index < -0.39 is 0 Å². The molecule has 124 valence electrons. The third-order valence-electron chi connectivity index (χ3n) is 3.69. The smallest absolute Gasteiger partial charge is 0.278 e. The summed E-state index contributed by atoms with van der Waals surface area (Å²) in [4.78, 5) is 14.0. The van der Waals surface area contributed by atoms with Gasteiger partial charge in [0.2, 0.25) is 0 Å². The Morgan fingerprint density at radius 1 is 1.52 bits per heavy atom. The second kappa shape index (κ2) is 7.04. The number of nitrogens with zero attached hydrogens (tertiary/aromatic N) is 3. The predicted molar refractivity (Wildman–Crippen MR) is 89.9 cm³/mol. The van der Waals surface area contributed by atoms with Gasteiger partial charge in [-0.15, -0.1) is 0 Å². The third kappa shape index (κ3) is 3.67. The maximum Gasteiger partial charge on any atom is 0.278 e. The van der Waals surface area contributed by atoms with Crippen molar-refractivity contribution in [2.24, 2.45) is 0 Å². The van der Waals surface area contributed by atoms with Crippen LogP contribution in [-0.4, -0.2) is 50.8 Å². The summed E-state index contributed by atoms with van der Waals surface area (Å²) in [5.41, 5.74) is 1.26. The summed E-state index contributed by atoms with van der Waals surface area (Å²) >= 11 is 1.64. The van der Waals surface area contributed by atoms with E-state index in [1.165, 1.54) is 23.0 Å². The van der Waals surface area contributed by atoms with Crippen LogP contribution in [0.4, 0.5) is 4.39 Å². The molecule has 1 aromatic heterocycles. The zero-order valence-electron chi connectivity index (χ0n) is 13.6. The normalized spacial score (nSPS) is 12.2. The first-order valence-electron chi connectivity index (χ1n) is 7.16. The van der Waals surface area contributed by atoms with Crippen LogP contribution in [0.1, 0.15) is 23.0 Å². The maximum atomic E-state index is 13.2. The molecule has 1 heterocycles. The van der Waals surface area contributed by atoms with Gasteiger partial charge in [-0.05, 0) is 43.9 Å². The van der Waals surface area contributed by atoms with Gasteiger partial charge < -0.3 is 10.0 Å². The Balaban J connectivity index is 2.32. The second-order valence-electron chi connectivity index (χ2n) is 5.46. The van der Waals surface area contributed by atoms with Crippen LogP contribution in [0.15, 0.2) is 24.4 Å². The van der Waals surface area contributed by atoms with Crippen LogP contribution in [0.3, 0.4) is 0 Å². The third-order valence-corrected chi connectivity index (χ3v) is 4.51. The highest BCUT2D eigenvalue weighted by Crippen LogP contribution is 2.22. The van der Waals surface area contributed by atoms with Crippen molar-refractivity contribution in [2.75, 3.05) is 19.1 Å². The number of aromatic nitrogens is 2. The van der Waals surface area contributed by atoms with Crippen molar-refractivity contribution in [2.45, 2.75) is 19.9 Å². The van der Waals surface area contributed by atoms with Gasteiger partial charge in [-0.2, -0.15) is 16.9 Å². The summed E-state index contributed by atoms with van der Waals surface area (Å²) in [6, 6.07) is 4.28. The lowest BCUT2D eigenvalue weighted by Crippen LogP contribution is -2.36. The number of thioether (sulfide) groups is 1. The lowest BCUT2D eigenvalue weighted by atomic mass is 10.2. The largest absolute Gasteiger partial charge is 0.504 e. The number of benzene rings is 1. The van der Waals surface area contributed by atoms with Crippen LogP contribution in [0.25, 0.3) is 5.69 Å². The van der Waals surface area contributed by atoms with Crippen LogP contribution in [-0.2, 0) is 0 Å². The minimum absolute atomic E-state index is 0.0100. The summed E-state index contributed by atoms with van der Waals surface area (Å²) in [7, 11) is 1.69. The molecule has 0 unspecified atom stereocenters. The minimum Gasteiger partial charge on any atom is -0.504 e. The average molecular weight is 337 g/mol. The van der Waals surface area contributed by atoms with E-state index in [1.54, 1.807) is 36.7 Å². The van der Waals surface area contributed by atoms with Crippen LogP contribution in [0.2, 0.25) is 0 Å². The van der Waals surface area contributed by atoms with Crippen LogP contribution in [0, 0.1) is 12.7 Å². The average Bonchev–Trinajstić information content (AvgIpc) is 2.87. The van der Waals surface area contributed by atoms with E-state index in [-0.39, 0.29) is 29.2 Å². The topological polar surface area (TPSA) is 58.4 Å². The van der Waals surface area contributed by atoms with Gasteiger partial charge >= 0.3 is 0 Å². The summed E-state index contributed by atoms with van der Waals surface area (Å²) in [5.74, 6) is -0.0881. The molecule has 7 heteroatoms. The van der Waals surface area contributed by atoms with Crippen molar-refractivity contribution >= 4 is 17.7 Å². The summed E-state index contributed by atoms with van der Waals surface area (Å²) in [6.45, 7) is 3.68. The first-order valence-corrected chi connectivity index (χ1v) is 8.55. The molecule has 0 bridgehead atoms. The Hall–Kier alpha value is -2.02. The molecule has 1 N–H and O–H groups in total. The molecule has 0 saturated carbocycles. The van der Waals surface area contributed by atoms with Crippen LogP contribution < -0.4 is 0 Å². The van der Waals surface area contributed by atoms with E-state index in [0.29, 0.717) is 11.3 Å². The number of amides is 1. The molecule has 23 heavy (non-hydrogen) atoms. The van der Waals surface area contributed by atoms with Gasteiger partial charge in [-0.1, -0.05) is 0 Å². The lowest BCUT2D eigenvalue weighted by Gasteiger charge is -2.23. The Morgan fingerprint density at radius 3 is 2.83 bits per heavy atom. The first-order chi connectivity index (χ1) is 10.8. The van der Waals surface area contributed by atoms with E-state index in [4.69, 9.17) is 0 Å². The Morgan fingerprint density at radius 2 is 2.22 bits per heavy atom. The highest BCUT2D eigenvalue weighted by Gasteiger charge is 2.24. The number of hydrogen-bond donors (Lipinski definition) is 1. The van der Waals surface area contributed by atoms with Gasteiger partial charge in [0.05, 0.1) is 11.9 Å². The number of hydrogen-bond acceptors (Lipinski definition) is 4. The number of rotatable bonds is 5. The zero-order chi connectivity index (χ0) is 17.1. The van der Waals surface area contributed by atoms with Gasteiger partial charge in [-0.3, -0.25) is 4.79 Å². The highest BCUT2D eigenvalue weighted by molar-refractivity contribution is 7.98. The molecule has 0 radical (unpaired) electrons.